The Morgan fingerprint density at radius 1 is 0.854 bits per heavy atom. The predicted octanol–water partition coefficient (Wildman–Crippen LogP) is 3.24. The molecule has 3 aliphatic rings. The lowest BCUT2D eigenvalue weighted by Gasteiger charge is -2.43. The van der Waals surface area contributed by atoms with Gasteiger partial charge in [-0.15, -0.1) is 0 Å². The average Bonchev–Trinajstić information content (AvgIpc) is 3.12. The number of aromatic amines is 1. The fourth-order valence-electron chi connectivity index (χ4n) is 6.94. The first kappa shape index (κ1) is 31.6. The van der Waals surface area contributed by atoms with Gasteiger partial charge in [-0.1, -0.05) is 0 Å². The molecule has 4 aromatic rings. The van der Waals surface area contributed by atoms with Crippen LogP contribution in [0.4, 0.5) is 16.2 Å². The highest BCUT2D eigenvalue weighted by Crippen LogP contribution is 2.30. The van der Waals surface area contributed by atoms with Crippen molar-refractivity contribution in [2.24, 2.45) is 0 Å². The number of urea groups is 1. The summed E-state index contributed by atoms with van der Waals surface area (Å²) in [4.78, 5) is 57.8. The molecule has 0 atom stereocenters. The quantitative estimate of drug-likeness (QED) is 0.292. The molecule has 250 valence electrons. The Morgan fingerprint density at radius 2 is 1.60 bits per heavy atom. The van der Waals surface area contributed by atoms with E-state index in [2.05, 4.69) is 42.1 Å². The largest absolute Gasteiger partial charge is 0.497 e. The fraction of sp³-hybridized carbons (Fsp3) is 0.400. The lowest BCUT2D eigenvalue weighted by molar-refractivity contribution is -0.120. The second-order valence-corrected chi connectivity index (χ2v) is 12.5. The second kappa shape index (κ2) is 13.6. The van der Waals surface area contributed by atoms with Crippen molar-refractivity contribution < 1.29 is 19.1 Å². The third kappa shape index (κ3) is 6.56. The molecule has 3 aliphatic heterocycles. The van der Waals surface area contributed by atoms with Crippen molar-refractivity contribution in [3.05, 3.63) is 70.8 Å². The molecule has 3 saturated heterocycles. The van der Waals surface area contributed by atoms with Gasteiger partial charge in [-0.3, -0.25) is 34.6 Å². The zero-order valence-corrected chi connectivity index (χ0v) is 27.3. The second-order valence-electron chi connectivity index (χ2n) is 12.5. The number of H-pyrrole nitrogens is 1. The van der Waals surface area contributed by atoms with E-state index in [0.29, 0.717) is 52.9 Å². The summed E-state index contributed by atoms with van der Waals surface area (Å²) in [6, 6.07) is 15.7. The summed E-state index contributed by atoms with van der Waals surface area (Å²) in [5.74, 6) is 1.27. The van der Waals surface area contributed by atoms with Gasteiger partial charge < -0.3 is 19.4 Å². The maximum Gasteiger partial charge on any atom is 0.328 e. The number of benzene rings is 2. The van der Waals surface area contributed by atoms with Crippen LogP contribution in [0.1, 0.15) is 25.0 Å². The van der Waals surface area contributed by atoms with E-state index >= 15 is 0 Å². The number of hydrogen-bond acceptors (Lipinski definition) is 10. The van der Waals surface area contributed by atoms with Gasteiger partial charge in [0.25, 0.3) is 5.56 Å². The van der Waals surface area contributed by atoms with Crippen LogP contribution in [-0.4, -0.2) is 103 Å². The molecule has 13 heteroatoms. The average molecular weight is 653 g/mol. The first-order valence-electron chi connectivity index (χ1n) is 16.4. The van der Waals surface area contributed by atoms with Crippen molar-refractivity contribution in [1.29, 1.82) is 0 Å². The number of ether oxygens (including phenoxy) is 2. The van der Waals surface area contributed by atoms with Gasteiger partial charge in [-0.2, -0.15) is 0 Å². The van der Waals surface area contributed by atoms with E-state index in [4.69, 9.17) is 14.5 Å². The van der Waals surface area contributed by atoms with E-state index in [0.717, 1.165) is 69.9 Å². The number of piperazine rings is 1. The molecule has 0 saturated carbocycles. The number of piperidine rings is 1. The Kier molecular flexibility index (Phi) is 8.96. The van der Waals surface area contributed by atoms with E-state index in [-0.39, 0.29) is 11.5 Å². The zero-order chi connectivity index (χ0) is 33.2. The van der Waals surface area contributed by atoms with Gasteiger partial charge in [0.1, 0.15) is 22.7 Å². The van der Waals surface area contributed by atoms with Crippen molar-refractivity contribution in [2.75, 3.05) is 69.8 Å². The van der Waals surface area contributed by atoms with Gasteiger partial charge in [0.05, 0.1) is 37.3 Å². The monoisotopic (exact) mass is 652 g/mol. The molecule has 0 bridgehead atoms. The van der Waals surface area contributed by atoms with Crippen molar-refractivity contribution in [1.82, 2.24) is 30.1 Å². The molecule has 0 radical (unpaired) electrons. The molecule has 0 unspecified atom stereocenters. The fourth-order valence-corrected chi connectivity index (χ4v) is 6.94. The van der Waals surface area contributed by atoms with E-state index in [1.54, 1.807) is 30.3 Å². The number of fused-ring (bicyclic) bond motifs is 1. The van der Waals surface area contributed by atoms with Crippen LogP contribution in [0.25, 0.3) is 22.3 Å². The standard InChI is InChI=1S/C35H40N8O5/c1-47-28-19-29-32(30(20-28)48-2)34(45)39-33(37-29)23-3-6-25(7-4-23)41-12-9-26(10-13-41)42-17-15-40(16-18-42)22-24-5-8-27(21-36-24)43-14-11-31(44)38-35(43)46/h3-8,19-21,26H,9-18,22H2,1-2H3,(H,37,39,45)(H,38,44,46). The summed E-state index contributed by atoms with van der Waals surface area (Å²) >= 11 is 0. The lowest BCUT2D eigenvalue weighted by atomic mass is 10.0. The van der Waals surface area contributed by atoms with Crippen molar-refractivity contribution in [2.45, 2.75) is 31.8 Å². The van der Waals surface area contributed by atoms with Gasteiger partial charge in [0.2, 0.25) is 5.91 Å². The van der Waals surface area contributed by atoms with E-state index in [1.807, 2.05) is 24.3 Å². The smallest absolute Gasteiger partial charge is 0.328 e. The molecule has 2 N–H and O–H groups in total. The van der Waals surface area contributed by atoms with Crippen LogP contribution in [0.5, 0.6) is 11.5 Å². The minimum absolute atomic E-state index is 0.239. The van der Waals surface area contributed by atoms with Crippen LogP contribution in [0, 0.1) is 0 Å². The molecule has 0 spiro atoms. The highest BCUT2D eigenvalue weighted by molar-refractivity contribution is 6.05. The van der Waals surface area contributed by atoms with Crippen LogP contribution in [0.2, 0.25) is 0 Å². The van der Waals surface area contributed by atoms with E-state index < -0.39 is 6.03 Å². The summed E-state index contributed by atoms with van der Waals surface area (Å²) in [6.07, 6.45) is 4.25. The van der Waals surface area contributed by atoms with Crippen molar-refractivity contribution in [3.8, 4) is 22.9 Å². The van der Waals surface area contributed by atoms with Crippen molar-refractivity contribution in [3.63, 3.8) is 0 Å². The lowest BCUT2D eigenvalue weighted by Crippen LogP contribution is -2.53. The molecular weight excluding hydrogens is 612 g/mol. The highest BCUT2D eigenvalue weighted by Gasteiger charge is 2.28. The molecule has 13 nitrogen and oxygen atoms in total. The zero-order valence-electron chi connectivity index (χ0n) is 27.3. The summed E-state index contributed by atoms with van der Waals surface area (Å²) in [5.41, 5.74) is 3.96. The van der Waals surface area contributed by atoms with Crippen LogP contribution < -0.4 is 30.1 Å². The molecule has 0 aliphatic carbocycles. The van der Waals surface area contributed by atoms with E-state index in [1.165, 1.54) is 12.8 Å². The molecule has 5 heterocycles. The van der Waals surface area contributed by atoms with Gasteiger partial charge >= 0.3 is 6.03 Å². The maximum absolute atomic E-state index is 13.0. The number of imide groups is 1. The SMILES string of the molecule is COc1cc(OC)c2c(=O)[nH]c(-c3ccc(N4CCC(N5CCN(Cc6ccc(N7CCC(=O)NC7=O)cn6)CC5)CC4)cc3)nc2c1. The number of carbonyl (C=O) groups excluding carboxylic acids is 2. The number of carbonyl (C=O) groups is 2. The first-order chi connectivity index (χ1) is 23.4. The minimum Gasteiger partial charge on any atom is -0.497 e. The molecule has 2 aromatic carbocycles. The Labute approximate surface area is 278 Å². The molecule has 48 heavy (non-hydrogen) atoms. The van der Waals surface area contributed by atoms with Gasteiger partial charge in [0, 0.05) is 88.2 Å². The first-order valence-corrected chi connectivity index (χ1v) is 16.4. The minimum atomic E-state index is -0.391. The van der Waals surface area contributed by atoms with Crippen molar-refractivity contribution >= 4 is 34.2 Å². The summed E-state index contributed by atoms with van der Waals surface area (Å²) in [7, 11) is 3.10. The molecule has 7 rings (SSSR count). The van der Waals surface area contributed by atoms with Gasteiger partial charge in [-0.25, -0.2) is 9.78 Å². The normalized spacial score (nSPS) is 18.3. The third-order valence-electron chi connectivity index (χ3n) is 9.66. The number of rotatable bonds is 8. The predicted molar refractivity (Wildman–Crippen MR) is 183 cm³/mol. The number of amides is 3. The van der Waals surface area contributed by atoms with Crippen LogP contribution in [-0.2, 0) is 11.3 Å². The highest BCUT2D eigenvalue weighted by atomic mass is 16.5. The Balaban J connectivity index is 0.902. The molecule has 3 amide bonds. The summed E-state index contributed by atoms with van der Waals surface area (Å²) in [6.45, 7) is 7.20. The maximum atomic E-state index is 13.0. The number of hydrogen-bond donors (Lipinski definition) is 2. The number of nitrogens with one attached hydrogen (secondary N) is 2. The number of methoxy groups -OCH3 is 2. The Hall–Kier alpha value is -5.01. The molecule has 3 fully saturated rings. The van der Waals surface area contributed by atoms with Crippen LogP contribution >= 0.6 is 0 Å². The topological polar surface area (TPSA) is 136 Å². The summed E-state index contributed by atoms with van der Waals surface area (Å²) in [5, 5.41) is 2.76. The number of aromatic nitrogens is 3. The third-order valence-corrected chi connectivity index (χ3v) is 9.66. The number of pyridine rings is 1. The Morgan fingerprint density at radius 3 is 2.27 bits per heavy atom. The van der Waals surface area contributed by atoms with Gasteiger partial charge in [0.15, 0.2) is 0 Å². The number of anilines is 2. The number of nitrogens with zero attached hydrogens (tertiary/aromatic N) is 6. The molecule has 2 aromatic heterocycles. The molecular formula is C35H40N8O5. The Bertz CT molecular complexity index is 1850. The van der Waals surface area contributed by atoms with E-state index in [9.17, 15) is 14.4 Å². The van der Waals surface area contributed by atoms with Crippen LogP contribution in [0.3, 0.4) is 0 Å². The summed E-state index contributed by atoms with van der Waals surface area (Å²) < 4.78 is 10.8. The van der Waals surface area contributed by atoms with Crippen LogP contribution in [0.15, 0.2) is 59.5 Å². The van der Waals surface area contributed by atoms with Gasteiger partial charge in [-0.05, 0) is 49.2 Å².